The summed E-state index contributed by atoms with van der Waals surface area (Å²) in [5, 5.41) is 0. The Morgan fingerprint density at radius 1 is 1.44 bits per heavy atom. The van der Waals surface area contributed by atoms with Crippen molar-refractivity contribution < 1.29 is 4.74 Å². The fourth-order valence-corrected chi connectivity index (χ4v) is 2.26. The zero-order chi connectivity index (χ0) is 12.8. The van der Waals surface area contributed by atoms with Crippen molar-refractivity contribution in [1.82, 2.24) is 4.98 Å². The van der Waals surface area contributed by atoms with E-state index in [0.717, 1.165) is 51.4 Å². The smallest absolute Gasteiger partial charge is 0.131 e. The van der Waals surface area contributed by atoms with E-state index in [1.165, 1.54) is 5.56 Å². The topological polar surface area (TPSA) is 51.4 Å². The molecule has 0 saturated carbocycles. The Balaban J connectivity index is 2.14. The fourth-order valence-electron chi connectivity index (χ4n) is 2.26. The first-order chi connectivity index (χ1) is 8.81. The van der Waals surface area contributed by atoms with Crippen LogP contribution in [0, 0.1) is 0 Å². The van der Waals surface area contributed by atoms with E-state index >= 15 is 0 Å². The lowest BCUT2D eigenvalue weighted by atomic mass is 10.1. The van der Waals surface area contributed by atoms with Gasteiger partial charge < -0.3 is 15.4 Å². The van der Waals surface area contributed by atoms with Crippen LogP contribution in [-0.4, -0.2) is 37.3 Å². The van der Waals surface area contributed by atoms with Gasteiger partial charge in [-0.25, -0.2) is 4.98 Å². The molecule has 4 heteroatoms. The predicted molar refractivity (Wildman–Crippen MR) is 73.9 cm³/mol. The maximum absolute atomic E-state index is 6.06. The third kappa shape index (κ3) is 3.43. The van der Waals surface area contributed by atoms with Crippen LogP contribution < -0.4 is 10.6 Å². The molecule has 4 nitrogen and oxygen atoms in total. The molecular weight excluding hydrogens is 226 g/mol. The van der Waals surface area contributed by atoms with E-state index < -0.39 is 0 Å². The second kappa shape index (κ2) is 6.71. The monoisotopic (exact) mass is 249 g/mol. The molecule has 1 fully saturated rings. The highest BCUT2D eigenvalue weighted by Gasteiger charge is 2.15. The number of anilines is 1. The average Bonchev–Trinajstić information content (AvgIpc) is 2.68. The van der Waals surface area contributed by atoms with Crippen molar-refractivity contribution in [2.75, 3.05) is 31.2 Å². The van der Waals surface area contributed by atoms with Gasteiger partial charge in [0.15, 0.2) is 0 Å². The Morgan fingerprint density at radius 3 is 3.17 bits per heavy atom. The maximum Gasteiger partial charge on any atom is 0.131 e. The van der Waals surface area contributed by atoms with Gasteiger partial charge in [-0.2, -0.15) is 0 Å². The first-order valence-corrected chi connectivity index (χ1v) is 6.83. The third-order valence-electron chi connectivity index (χ3n) is 3.40. The summed E-state index contributed by atoms with van der Waals surface area (Å²) in [6.45, 7) is 5.71. The van der Waals surface area contributed by atoms with Gasteiger partial charge in [0.2, 0.25) is 0 Å². The van der Waals surface area contributed by atoms with Crippen LogP contribution in [0.1, 0.15) is 25.3 Å². The van der Waals surface area contributed by atoms with Crippen molar-refractivity contribution >= 4 is 5.82 Å². The molecule has 1 saturated heterocycles. The summed E-state index contributed by atoms with van der Waals surface area (Å²) >= 11 is 0. The number of hydrogen-bond donors (Lipinski definition) is 1. The second-order valence-corrected chi connectivity index (χ2v) is 4.81. The Bertz CT molecular complexity index is 362. The van der Waals surface area contributed by atoms with Crippen molar-refractivity contribution in [2.45, 2.75) is 32.2 Å². The highest BCUT2D eigenvalue weighted by Crippen LogP contribution is 2.20. The highest BCUT2D eigenvalue weighted by atomic mass is 16.5. The Labute approximate surface area is 109 Å². The van der Waals surface area contributed by atoms with Crippen molar-refractivity contribution in [3.8, 4) is 0 Å². The third-order valence-corrected chi connectivity index (χ3v) is 3.40. The Kier molecular flexibility index (Phi) is 4.96. The minimum Gasteiger partial charge on any atom is -0.380 e. The van der Waals surface area contributed by atoms with Gasteiger partial charge in [0.25, 0.3) is 0 Å². The predicted octanol–water partition coefficient (Wildman–Crippen LogP) is 1.59. The van der Waals surface area contributed by atoms with E-state index in [0.29, 0.717) is 0 Å². The zero-order valence-electron chi connectivity index (χ0n) is 11.1. The molecular formula is C14H23N3O. The number of rotatable bonds is 4. The number of ether oxygens (including phenoxy) is 1. The summed E-state index contributed by atoms with van der Waals surface area (Å²) < 4.78 is 5.49. The molecule has 0 aliphatic carbocycles. The largest absolute Gasteiger partial charge is 0.380 e. The molecule has 0 spiro atoms. The van der Waals surface area contributed by atoms with Crippen LogP contribution in [0.3, 0.4) is 0 Å². The van der Waals surface area contributed by atoms with E-state index in [2.05, 4.69) is 22.9 Å². The molecule has 1 aromatic rings. The molecule has 1 atom stereocenters. The molecule has 2 N–H and O–H groups in total. The first-order valence-electron chi connectivity index (χ1n) is 6.83. The van der Waals surface area contributed by atoms with Crippen molar-refractivity contribution in [2.24, 2.45) is 5.73 Å². The second-order valence-electron chi connectivity index (χ2n) is 4.81. The quantitative estimate of drug-likeness (QED) is 0.880. The molecule has 2 rings (SSSR count). The highest BCUT2D eigenvalue weighted by molar-refractivity contribution is 5.47. The number of nitrogens with two attached hydrogens (primary N) is 1. The van der Waals surface area contributed by atoms with E-state index in [1.807, 2.05) is 12.3 Å². The molecule has 1 aliphatic rings. The van der Waals surface area contributed by atoms with Crippen LogP contribution in [0.2, 0.25) is 0 Å². The van der Waals surface area contributed by atoms with Crippen molar-refractivity contribution in [1.29, 1.82) is 0 Å². The van der Waals surface area contributed by atoms with Crippen LogP contribution in [0.15, 0.2) is 18.3 Å². The average molecular weight is 249 g/mol. The molecule has 2 heterocycles. The van der Waals surface area contributed by atoms with E-state index in [4.69, 9.17) is 10.5 Å². The number of hydrogen-bond acceptors (Lipinski definition) is 4. The van der Waals surface area contributed by atoms with Gasteiger partial charge in [-0.1, -0.05) is 13.0 Å². The summed E-state index contributed by atoms with van der Waals surface area (Å²) in [6.07, 6.45) is 4.83. The number of nitrogens with zero attached hydrogens (tertiary/aromatic N) is 2. The van der Waals surface area contributed by atoms with Crippen molar-refractivity contribution in [3.63, 3.8) is 0 Å². The molecule has 18 heavy (non-hydrogen) atoms. The minimum absolute atomic E-state index is 0.219. The number of pyridine rings is 1. The molecule has 1 unspecified atom stereocenters. The zero-order valence-corrected chi connectivity index (χ0v) is 11.1. The van der Waals surface area contributed by atoms with E-state index in [-0.39, 0.29) is 6.04 Å². The van der Waals surface area contributed by atoms with Gasteiger partial charge in [0, 0.05) is 31.9 Å². The summed E-state index contributed by atoms with van der Waals surface area (Å²) in [5.41, 5.74) is 7.32. The van der Waals surface area contributed by atoms with E-state index in [1.54, 1.807) is 0 Å². The van der Waals surface area contributed by atoms with Gasteiger partial charge in [0.1, 0.15) is 5.82 Å². The van der Waals surface area contributed by atoms with Gasteiger partial charge in [-0.3, -0.25) is 0 Å². The molecule has 1 aromatic heterocycles. The summed E-state index contributed by atoms with van der Waals surface area (Å²) in [4.78, 5) is 6.87. The summed E-state index contributed by atoms with van der Waals surface area (Å²) in [6, 6.07) is 4.36. The van der Waals surface area contributed by atoms with Gasteiger partial charge in [-0.15, -0.1) is 0 Å². The molecule has 0 bridgehead atoms. The van der Waals surface area contributed by atoms with Crippen LogP contribution in [0.25, 0.3) is 0 Å². The molecule has 100 valence electrons. The van der Waals surface area contributed by atoms with E-state index in [9.17, 15) is 0 Å². The van der Waals surface area contributed by atoms with Crippen LogP contribution in [-0.2, 0) is 11.2 Å². The molecule has 0 amide bonds. The van der Waals surface area contributed by atoms with Crippen molar-refractivity contribution in [3.05, 3.63) is 23.9 Å². The first kappa shape index (κ1) is 13.3. The van der Waals surface area contributed by atoms with Crippen LogP contribution in [0.4, 0.5) is 5.82 Å². The SMILES string of the molecule is CCC(N)Cc1cccnc1N1CCCOCC1. The molecule has 0 aromatic carbocycles. The summed E-state index contributed by atoms with van der Waals surface area (Å²) in [5.74, 6) is 1.09. The maximum atomic E-state index is 6.06. The van der Waals surface area contributed by atoms with Crippen LogP contribution in [0.5, 0.6) is 0 Å². The summed E-state index contributed by atoms with van der Waals surface area (Å²) in [7, 11) is 0. The van der Waals surface area contributed by atoms with Gasteiger partial charge in [0.05, 0.1) is 6.61 Å². The Morgan fingerprint density at radius 2 is 2.33 bits per heavy atom. The lowest BCUT2D eigenvalue weighted by Crippen LogP contribution is -2.29. The van der Waals surface area contributed by atoms with Gasteiger partial charge in [-0.05, 0) is 30.9 Å². The standard InChI is InChI=1S/C14H23N3O/c1-2-13(15)11-12-5-3-6-16-14(12)17-7-4-9-18-10-8-17/h3,5-6,13H,2,4,7-11,15H2,1H3. The molecule has 1 aliphatic heterocycles. The number of aromatic nitrogens is 1. The lowest BCUT2D eigenvalue weighted by Gasteiger charge is -2.24. The van der Waals surface area contributed by atoms with Gasteiger partial charge >= 0.3 is 0 Å². The molecule has 0 radical (unpaired) electrons. The Hall–Kier alpha value is -1.13. The lowest BCUT2D eigenvalue weighted by molar-refractivity contribution is 0.152. The minimum atomic E-state index is 0.219. The van der Waals surface area contributed by atoms with Crippen LogP contribution >= 0.6 is 0 Å². The normalized spacial score (nSPS) is 18.4. The fraction of sp³-hybridized carbons (Fsp3) is 0.643.